The largest absolute Gasteiger partial charge is 0.387 e. The molecule has 110 valence electrons. The molecule has 0 spiro atoms. The summed E-state index contributed by atoms with van der Waals surface area (Å²) in [5.41, 5.74) is 4.67. The van der Waals surface area contributed by atoms with Gasteiger partial charge in [0.05, 0.1) is 6.10 Å². The molecular weight excluding hydrogens is 262 g/mol. The quantitative estimate of drug-likeness (QED) is 0.906. The fraction of sp³-hybridized carbons (Fsp3) is 0.278. The summed E-state index contributed by atoms with van der Waals surface area (Å²) in [7, 11) is 0. The number of aliphatic hydroxyl groups excluding tert-OH is 1. The van der Waals surface area contributed by atoms with Crippen LogP contribution >= 0.6 is 0 Å². The van der Waals surface area contributed by atoms with E-state index >= 15 is 0 Å². The second kappa shape index (κ2) is 6.55. The molecule has 2 N–H and O–H groups in total. The van der Waals surface area contributed by atoms with Crippen LogP contribution in [0.4, 0.5) is 0 Å². The van der Waals surface area contributed by atoms with Crippen LogP contribution in [-0.4, -0.2) is 17.6 Å². The van der Waals surface area contributed by atoms with Gasteiger partial charge in [-0.1, -0.05) is 42.0 Å². The number of hydrogen-bond donors (Lipinski definition) is 2. The molecule has 0 unspecified atom stereocenters. The maximum Gasteiger partial charge on any atom is 0.251 e. The van der Waals surface area contributed by atoms with Crippen molar-refractivity contribution in [2.75, 3.05) is 6.54 Å². The minimum absolute atomic E-state index is 0.151. The van der Waals surface area contributed by atoms with Gasteiger partial charge in [0.15, 0.2) is 0 Å². The van der Waals surface area contributed by atoms with Crippen LogP contribution in [0.15, 0.2) is 42.5 Å². The molecule has 1 amide bonds. The molecule has 0 heterocycles. The average molecular weight is 283 g/mol. The van der Waals surface area contributed by atoms with Crippen LogP contribution in [0.25, 0.3) is 0 Å². The molecule has 0 fully saturated rings. The lowest BCUT2D eigenvalue weighted by Crippen LogP contribution is -2.29. The highest BCUT2D eigenvalue weighted by atomic mass is 16.3. The van der Waals surface area contributed by atoms with Gasteiger partial charge in [-0.15, -0.1) is 0 Å². The van der Waals surface area contributed by atoms with Crippen LogP contribution in [0.3, 0.4) is 0 Å². The van der Waals surface area contributed by atoms with Crippen molar-refractivity contribution in [2.24, 2.45) is 0 Å². The molecule has 0 aliphatic heterocycles. The summed E-state index contributed by atoms with van der Waals surface area (Å²) in [5.74, 6) is -0.151. The number of aliphatic hydroxyl groups is 1. The highest BCUT2D eigenvalue weighted by Crippen LogP contribution is 2.15. The molecule has 0 aliphatic rings. The van der Waals surface area contributed by atoms with E-state index in [9.17, 15) is 9.90 Å². The molecule has 0 bridgehead atoms. The second-order valence-electron chi connectivity index (χ2n) is 5.38. The minimum atomic E-state index is -0.695. The van der Waals surface area contributed by atoms with Gasteiger partial charge in [0.25, 0.3) is 5.91 Å². The van der Waals surface area contributed by atoms with Crippen LogP contribution in [0, 0.1) is 20.8 Å². The predicted octanol–water partition coefficient (Wildman–Crippen LogP) is 3.08. The van der Waals surface area contributed by atoms with Gasteiger partial charge in [0.2, 0.25) is 0 Å². The number of hydrogen-bond acceptors (Lipinski definition) is 2. The Hall–Kier alpha value is -2.13. The smallest absolute Gasteiger partial charge is 0.251 e. The lowest BCUT2D eigenvalue weighted by Gasteiger charge is -2.14. The summed E-state index contributed by atoms with van der Waals surface area (Å²) in [4.78, 5) is 12.2. The first-order valence-electron chi connectivity index (χ1n) is 7.08. The summed E-state index contributed by atoms with van der Waals surface area (Å²) in [6.45, 7) is 6.11. The molecule has 0 aliphatic carbocycles. The van der Waals surface area contributed by atoms with Gasteiger partial charge < -0.3 is 10.4 Å². The van der Waals surface area contributed by atoms with Gasteiger partial charge in [0.1, 0.15) is 0 Å². The number of carbonyl (C=O) groups is 1. The standard InChI is InChI=1S/C18H21NO2/c1-12-7-9-15(10-8-12)17(20)11-19-18(21)16-6-4-5-13(2)14(16)3/h4-10,17,20H,11H2,1-3H3,(H,19,21)/t17-/m1/s1. The summed E-state index contributed by atoms with van der Waals surface area (Å²) < 4.78 is 0. The van der Waals surface area contributed by atoms with Crippen molar-refractivity contribution in [1.29, 1.82) is 0 Å². The molecule has 0 saturated heterocycles. The molecule has 2 rings (SSSR count). The highest BCUT2D eigenvalue weighted by molar-refractivity contribution is 5.95. The third-order valence-electron chi connectivity index (χ3n) is 3.77. The first-order valence-corrected chi connectivity index (χ1v) is 7.08. The average Bonchev–Trinajstić information content (AvgIpc) is 2.48. The molecule has 2 aromatic carbocycles. The third kappa shape index (κ3) is 3.70. The molecule has 0 aromatic heterocycles. The van der Waals surface area contributed by atoms with Crippen molar-refractivity contribution in [3.8, 4) is 0 Å². The van der Waals surface area contributed by atoms with Gasteiger partial charge in [-0.05, 0) is 43.5 Å². The summed E-state index contributed by atoms with van der Waals surface area (Å²) >= 11 is 0. The Morgan fingerprint density at radius 1 is 1.10 bits per heavy atom. The summed E-state index contributed by atoms with van der Waals surface area (Å²) in [6, 6.07) is 13.3. The molecule has 21 heavy (non-hydrogen) atoms. The van der Waals surface area contributed by atoms with E-state index < -0.39 is 6.10 Å². The fourth-order valence-electron chi connectivity index (χ4n) is 2.19. The zero-order valence-electron chi connectivity index (χ0n) is 12.7. The van der Waals surface area contributed by atoms with Crippen LogP contribution in [0.5, 0.6) is 0 Å². The maximum absolute atomic E-state index is 12.2. The Morgan fingerprint density at radius 3 is 2.43 bits per heavy atom. The number of aryl methyl sites for hydroxylation is 2. The Bertz CT molecular complexity index is 632. The second-order valence-corrected chi connectivity index (χ2v) is 5.38. The van der Waals surface area contributed by atoms with Crippen molar-refractivity contribution in [1.82, 2.24) is 5.32 Å². The van der Waals surface area contributed by atoms with Crippen LogP contribution in [0.1, 0.15) is 38.7 Å². The van der Waals surface area contributed by atoms with Crippen molar-refractivity contribution in [3.05, 3.63) is 70.3 Å². The third-order valence-corrected chi connectivity index (χ3v) is 3.77. The lowest BCUT2D eigenvalue weighted by atomic mass is 10.0. The monoisotopic (exact) mass is 283 g/mol. The lowest BCUT2D eigenvalue weighted by molar-refractivity contribution is 0.0915. The normalized spacial score (nSPS) is 12.0. The zero-order chi connectivity index (χ0) is 15.4. The summed E-state index contributed by atoms with van der Waals surface area (Å²) in [6.07, 6.45) is -0.695. The van der Waals surface area contributed by atoms with Crippen molar-refractivity contribution in [2.45, 2.75) is 26.9 Å². The Morgan fingerprint density at radius 2 is 1.76 bits per heavy atom. The zero-order valence-corrected chi connectivity index (χ0v) is 12.7. The van der Waals surface area contributed by atoms with Gasteiger partial charge in [-0.2, -0.15) is 0 Å². The number of rotatable bonds is 4. The number of carbonyl (C=O) groups excluding carboxylic acids is 1. The van der Waals surface area contributed by atoms with E-state index in [1.54, 1.807) is 6.07 Å². The molecule has 0 saturated carbocycles. The molecule has 0 radical (unpaired) electrons. The van der Waals surface area contributed by atoms with Gasteiger partial charge in [0, 0.05) is 12.1 Å². The van der Waals surface area contributed by atoms with Crippen LogP contribution in [-0.2, 0) is 0 Å². The van der Waals surface area contributed by atoms with E-state index in [1.807, 2.05) is 57.2 Å². The molecule has 2 aromatic rings. The number of nitrogens with one attached hydrogen (secondary N) is 1. The predicted molar refractivity (Wildman–Crippen MR) is 84.4 cm³/mol. The Kier molecular flexibility index (Phi) is 4.76. The summed E-state index contributed by atoms with van der Waals surface area (Å²) in [5, 5.41) is 12.9. The van der Waals surface area contributed by atoms with E-state index in [0.717, 1.165) is 22.3 Å². The van der Waals surface area contributed by atoms with E-state index in [2.05, 4.69) is 5.32 Å². The number of amides is 1. The van der Waals surface area contributed by atoms with Crippen molar-refractivity contribution < 1.29 is 9.90 Å². The van der Waals surface area contributed by atoms with Gasteiger partial charge in [-0.3, -0.25) is 4.79 Å². The fourth-order valence-corrected chi connectivity index (χ4v) is 2.19. The van der Waals surface area contributed by atoms with Crippen molar-refractivity contribution >= 4 is 5.91 Å². The van der Waals surface area contributed by atoms with Crippen LogP contribution < -0.4 is 5.32 Å². The Balaban J connectivity index is 2.00. The SMILES string of the molecule is Cc1ccc([C@H](O)CNC(=O)c2cccc(C)c2C)cc1. The maximum atomic E-state index is 12.2. The van der Waals surface area contributed by atoms with E-state index in [4.69, 9.17) is 0 Å². The molecule has 3 heteroatoms. The molecular formula is C18H21NO2. The van der Waals surface area contributed by atoms with E-state index in [1.165, 1.54) is 0 Å². The first kappa shape index (κ1) is 15.3. The Labute approximate surface area is 125 Å². The minimum Gasteiger partial charge on any atom is -0.387 e. The van der Waals surface area contributed by atoms with Gasteiger partial charge in [-0.25, -0.2) is 0 Å². The van der Waals surface area contributed by atoms with E-state index in [-0.39, 0.29) is 12.5 Å². The molecule has 1 atom stereocenters. The first-order chi connectivity index (χ1) is 9.99. The van der Waals surface area contributed by atoms with Gasteiger partial charge >= 0.3 is 0 Å². The molecule has 3 nitrogen and oxygen atoms in total. The number of benzene rings is 2. The van der Waals surface area contributed by atoms with Crippen molar-refractivity contribution in [3.63, 3.8) is 0 Å². The highest BCUT2D eigenvalue weighted by Gasteiger charge is 2.13. The van der Waals surface area contributed by atoms with Crippen LogP contribution in [0.2, 0.25) is 0 Å². The van der Waals surface area contributed by atoms with E-state index in [0.29, 0.717) is 5.56 Å². The topological polar surface area (TPSA) is 49.3 Å².